The van der Waals surface area contributed by atoms with Crippen LogP contribution in [0.2, 0.25) is 5.02 Å². The SMILES string of the molecule is Fc1ccc(CSc2nc3ccncc3n2Cc2ccc(Cl)cc2)cc1. The molecule has 4 aromatic rings. The number of hydrogen-bond donors (Lipinski definition) is 0. The third-order valence-corrected chi connectivity index (χ3v) is 5.35. The van der Waals surface area contributed by atoms with Gasteiger partial charge in [-0.2, -0.15) is 0 Å². The monoisotopic (exact) mass is 383 g/mol. The van der Waals surface area contributed by atoms with Crippen LogP contribution in [-0.2, 0) is 12.3 Å². The summed E-state index contributed by atoms with van der Waals surface area (Å²) in [5.41, 5.74) is 4.10. The van der Waals surface area contributed by atoms with E-state index >= 15 is 0 Å². The van der Waals surface area contributed by atoms with Gasteiger partial charge in [-0.3, -0.25) is 4.98 Å². The van der Waals surface area contributed by atoms with Gasteiger partial charge in [0.15, 0.2) is 5.16 Å². The maximum atomic E-state index is 13.1. The molecule has 0 saturated carbocycles. The van der Waals surface area contributed by atoms with Gasteiger partial charge in [-0.15, -0.1) is 0 Å². The van der Waals surface area contributed by atoms with E-state index in [1.807, 2.05) is 36.5 Å². The molecular formula is C20H15ClFN3S. The second-order valence-corrected chi connectivity index (χ2v) is 7.27. The van der Waals surface area contributed by atoms with Crippen LogP contribution in [0.25, 0.3) is 11.0 Å². The quantitative estimate of drug-likeness (QED) is 0.422. The molecule has 2 aromatic carbocycles. The molecule has 0 aliphatic rings. The number of aromatic nitrogens is 3. The average molecular weight is 384 g/mol. The number of benzene rings is 2. The van der Waals surface area contributed by atoms with E-state index in [1.165, 1.54) is 12.1 Å². The van der Waals surface area contributed by atoms with Crippen molar-refractivity contribution in [1.82, 2.24) is 14.5 Å². The lowest BCUT2D eigenvalue weighted by Gasteiger charge is -2.09. The molecule has 0 saturated heterocycles. The van der Waals surface area contributed by atoms with E-state index in [1.54, 1.807) is 30.1 Å². The highest BCUT2D eigenvalue weighted by atomic mass is 35.5. The summed E-state index contributed by atoms with van der Waals surface area (Å²) in [6.45, 7) is 0.686. The fraction of sp³-hybridized carbons (Fsp3) is 0.100. The van der Waals surface area contributed by atoms with E-state index in [9.17, 15) is 4.39 Å². The summed E-state index contributed by atoms with van der Waals surface area (Å²) in [4.78, 5) is 8.98. The van der Waals surface area contributed by atoms with Crippen molar-refractivity contribution in [1.29, 1.82) is 0 Å². The van der Waals surface area contributed by atoms with Crippen molar-refractivity contribution in [3.63, 3.8) is 0 Å². The first-order chi connectivity index (χ1) is 12.7. The summed E-state index contributed by atoms with van der Waals surface area (Å²) in [5, 5.41) is 1.63. The molecule has 3 nitrogen and oxygen atoms in total. The van der Waals surface area contributed by atoms with Crippen molar-refractivity contribution in [2.24, 2.45) is 0 Å². The molecule has 0 aliphatic heterocycles. The van der Waals surface area contributed by atoms with Gasteiger partial charge in [0.2, 0.25) is 0 Å². The standard InChI is InChI=1S/C20H15ClFN3S/c21-16-5-1-14(2-6-16)12-25-19-11-23-10-9-18(19)24-20(25)26-13-15-3-7-17(22)8-4-15/h1-11H,12-13H2. The zero-order valence-corrected chi connectivity index (χ0v) is 15.3. The number of nitrogens with zero attached hydrogens (tertiary/aromatic N) is 3. The van der Waals surface area contributed by atoms with Crippen LogP contribution in [0, 0.1) is 5.82 Å². The van der Waals surface area contributed by atoms with Crippen molar-refractivity contribution in [2.45, 2.75) is 17.5 Å². The number of thioether (sulfide) groups is 1. The third-order valence-electron chi connectivity index (χ3n) is 4.05. The molecule has 0 radical (unpaired) electrons. The second kappa shape index (κ2) is 7.48. The number of rotatable bonds is 5. The summed E-state index contributed by atoms with van der Waals surface area (Å²) < 4.78 is 15.2. The first kappa shape index (κ1) is 17.1. The van der Waals surface area contributed by atoms with Crippen LogP contribution in [0.5, 0.6) is 0 Å². The fourth-order valence-electron chi connectivity index (χ4n) is 2.71. The molecular weight excluding hydrogens is 369 g/mol. The Bertz CT molecular complexity index is 1030. The lowest BCUT2D eigenvalue weighted by Crippen LogP contribution is -2.02. The van der Waals surface area contributed by atoms with Crippen LogP contribution < -0.4 is 0 Å². The lowest BCUT2D eigenvalue weighted by molar-refractivity contribution is 0.627. The van der Waals surface area contributed by atoms with Crippen LogP contribution in [-0.4, -0.2) is 14.5 Å². The Labute approximate surface area is 159 Å². The Balaban J connectivity index is 1.64. The van der Waals surface area contributed by atoms with Gasteiger partial charge in [0, 0.05) is 17.0 Å². The number of hydrogen-bond acceptors (Lipinski definition) is 3. The predicted octanol–water partition coefficient (Wildman–Crippen LogP) is 5.56. The molecule has 0 atom stereocenters. The minimum Gasteiger partial charge on any atom is -0.313 e. The van der Waals surface area contributed by atoms with Gasteiger partial charge < -0.3 is 4.57 Å². The Morgan fingerprint density at radius 1 is 0.962 bits per heavy atom. The fourth-order valence-corrected chi connectivity index (χ4v) is 3.81. The maximum Gasteiger partial charge on any atom is 0.169 e. The van der Waals surface area contributed by atoms with Crippen LogP contribution in [0.1, 0.15) is 11.1 Å². The van der Waals surface area contributed by atoms with Crippen LogP contribution in [0.3, 0.4) is 0 Å². The van der Waals surface area contributed by atoms with E-state index in [0.29, 0.717) is 6.54 Å². The molecule has 0 aliphatic carbocycles. The summed E-state index contributed by atoms with van der Waals surface area (Å²) in [5.74, 6) is 0.497. The van der Waals surface area contributed by atoms with Crippen LogP contribution >= 0.6 is 23.4 Å². The highest BCUT2D eigenvalue weighted by Crippen LogP contribution is 2.27. The number of imidazole rings is 1. The molecule has 0 bridgehead atoms. The third kappa shape index (κ3) is 3.74. The molecule has 26 heavy (non-hydrogen) atoms. The van der Waals surface area contributed by atoms with Gasteiger partial charge in [0.05, 0.1) is 23.8 Å². The summed E-state index contributed by atoms with van der Waals surface area (Å²) in [6.07, 6.45) is 3.58. The van der Waals surface area contributed by atoms with Gasteiger partial charge in [0.1, 0.15) is 5.82 Å². The zero-order chi connectivity index (χ0) is 17.9. The number of halogens is 2. The maximum absolute atomic E-state index is 13.1. The average Bonchev–Trinajstić information content (AvgIpc) is 3.01. The van der Waals surface area contributed by atoms with Crippen molar-refractivity contribution in [3.05, 3.63) is 89.0 Å². The minimum atomic E-state index is -0.222. The van der Waals surface area contributed by atoms with E-state index in [-0.39, 0.29) is 5.82 Å². The molecule has 0 N–H and O–H groups in total. The van der Waals surface area contributed by atoms with Crippen molar-refractivity contribution < 1.29 is 4.39 Å². The van der Waals surface area contributed by atoms with E-state index in [2.05, 4.69) is 9.55 Å². The lowest BCUT2D eigenvalue weighted by atomic mass is 10.2. The topological polar surface area (TPSA) is 30.7 Å². The van der Waals surface area contributed by atoms with Gasteiger partial charge in [-0.25, -0.2) is 9.37 Å². The van der Waals surface area contributed by atoms with Crippen LogP contribution in [0.15, 0.2) is 72.1 Å². The molecule has 6 heteroatoms. The second-order valence-electron chi connectivity index (χ2n) is 5.89. The minimum absolute atomic E-state index is 0.222. The first-order valence-corrected chi connectivity index (χ1v) is 9.47. The number of fused-ring (bicyclic) bond motifs is 1. The Morgan fingerprint density at radius 3 is 2.46 bits per heavy atom. The highest BCUT2D eigenvalue weighted by Gasteiger charge is 2.12. The molecule has 2 aromatic heterocycles. The smallest absolute Gasteiger partial charge is 0.169 e. The van der Waals surface area contributed by atoms with Crippen molar-refractivity contribution in [3.8, 4) is 0 Å². The predicted molar refractivity (Wildman–Crippen MR) is 104 cm³/mol. The van der Waals surface area contributed by atoms with E-state index in [4.69, 9.17) is 16.6 Å². The normalized spacial score (nSPS) is 11.2. The first-order valence-electron chi connectivity index (χ1n) is 8.11. The van der Waals surface area contributed by atoms with Crippen LogP contribution in [0.4, 0.5) is 4.39 Å². The molecule has 2 heterocycles. The van der Waals surface area contributed by atoms with Gasteiger partial charge in [0.25, 0.3) is 0 Å². The van der Waals surface area contributed by atoms with Gasteiger partial charge >= 0.3 is 0 Å². The van der Waals surface area contributed by atoms with Crippen molar-refractivity contribution in [2.75, 3.05) is 0 Å². The Hall–Kier alpha value is -2.37. The molecule has 0 unspecified atom stereocenters. The zero-order valence-electron chi connectivity index (χ0n) is 13.8. The number of pyridine rings is 1. The molecule has 0 fully saturated rings. The van der Waals surface area contributed by atoms with E-state index < -0.39 is 0 Å². The highest BCUT2D eigenvalue weighted by molar-refractivity contribution is 7.98. The summed E-state index contributed by atoms with van der Waals surface area (Å²) in [7, 11) is 0. The van der Waals surface area contributed by atoms with Gasteiger partial charge in [-0.1, -0.05) is 47.6 Å². The Morgan fingerprint density at radius 2 is 1.69 bits per heavy atom. The molecule has 4 rings (SSSR count). The summed E-state index contributed by atoms with van der Waals surface area (Å²) in [6, 6.07) is 16.3. The molecule has 0 amide bonds. The molecule has 0 spiro atoms. The Kier molecular flexibility index (Phi) is 4.91. The molecule has 130 valence electrons. The summed E-state index contributed by atoms with van der Waals surface area (Å²) >= 11 is 7.62. The van der Waals surface area contributed by atoms with Gasteiger partial charge in [-0.05, 0) is 41.5 Å². The van der Waals surface area contributed by atoms with E-state index in [0.717, 1.165) is 38.1 Å². The van der Waals surface area contributed by atoms with Crippen molar-refractivity contribution >= 4 is 34.4 Å². The largest absolute Gasteiger partial charge is 0.313 e.